The molecule has 7 heteroatoms. The molecule has 0 fully saturated rings. The zero-order chi connectivity index (χ0) is 18.4. The zero-order valence-corrected chi connectivity index (χ0v) is 13.9. The number of amides is 1. The SMILES string of the molecule is COc1cccc(Nc2ccc(C(=O)Nc3ccccc3C#N)nn2)c1. The first-order valence-electron chi connectivity index (χ1n) is 7.75. The summed E-state index contributed by atoms with van der Waals surface area (Å²) in [6, 6.07) is 19.4. The molecule has 0 aliphatic heterocycles. The van der Waals surface area contributed by atoms with E-state index in [1.165, 1.54) is 0 Å². The Hall–Kier alpha value is -3.92. The topological polar surface area (TPSA) is 99.9 Å². The first-order chi connectivity index (χ1) is 12.7. The molecule has 0 aliphatic rings. The third-order valence-corrected chi connectivity index (χ3v) is 3.54. The van der Waals surface area contributed by atoms with Gasteiger partial charge in [-0.05, 0) is 36.4 Å². The Morgan fingerprint density at radius 3 is 2.65 bits per heavy atom. The fourth-order valence-electron chi connectivity index (χ4n) is 2.24. The summed E-state index contributed by atoms with van der Waals surface area (Å²) in [6.07, 6.45) is 0. The van der Waals surface area contributed by atoms with Gasteiger partial charge >= 0.3 is 0 Å². The molecule has 0 spiro atoms. The lowest BCUT2D eigenvalue weighted by molar-refractivity contribution is 0.102. The highest BCUT2D eigenvalue weighted by atomic mass is 16.5. The second-order valence-corrected chi connectivity index (χ2v) is 5.27. The molecule has 0 saturated carbocycles. The standard InChI is InChI=1S/C19H15N5O2/c1-26-15-7-4-6-14(11-15)21-18-10-9-17(23-24-18)19(25)22-16-8-3-2-5-13(16)12-20/h2-11H,1H3,(H,21,24)(H,22,25). The van der Waals surface area contributed by atoms with E-state index in [1.54, 1.807) is 43.5 Å². The van der Waals surface area contributed by atoms with E-state index in [0.717, 1.165) is 11.4 Å². The summed E-state index contributed by atoms with van der Waals surface area (Å²) in [7, 11) is 1.59. The largest absolute Gasteiger partial charge is 0.497 e. The summed E-state index contributed by atoms with van der Waals surface area (Å²) >= 11 is 0. The van der Waals surface area contributed by atoms with Crippen LogP contribution in [0.2, 0.25) is 0 Å². The van der Waals surface area contributed by atoms with Crippen LogP contribution in [0.15, 0.2) is 60.7 Å². The first kappa shape index (κ1) is 16.9. The van der Waals surface area contributed by atoms with Crippen LogP contribution in [0.5, 0.6) is 5.75 Å². The molecule has 1 amide bonds. The molecule has 1 heterocycles. The summed E-state index contributed by atoms with van der Waals surface area (Å²) in [5, 5.41) is 22.8. The second-order valence-electron chi connectivity index (χ2n) is 5.27. The first-order valence-corrected chi connectivity index (χ1v) is 7.75. The number of carbonyl (C=O) groups excluding carboxylic acids is 1. The normalized spacial score (nSPS) is 9.85. The number of methoxy groups -OCH3 is 1. The monoisotopic (exact) mass is 345 g/mol. The van der Waals surface area contributed by atoms with Gasteiger partial charge in [-0.15, -0.1) is 10.2 Å². The van der Waals surface area contributed by atoms with Crippen molar-refractivity contribution in [2.24, 2.45) is 0 Å². The zero-order valence-electron chi connectivity index (χ0n) is 13.9. The average molecular weight is 345 g/mol. The Kier molecular flexibility index (Phi) is 5.05. The van der Waals surface area contributed by atoms with Gasteiger partial charge in [-0.1, -0.05) is 18.2 Å². The van der Waals surface area contributed by atoms with Crippen LogP contribution in [0.3, 0.4) is 0 Å². The smallest absolute Gasteiger partial charge is 0.276 e. The number of benzene rings is 2. The summed E-state index contributed by atoms with van der Waals surface area (Å²) in [5.41, 5.74) is 1.75. The van der Waals surface area contributed by atoms with Gasteiger partial charge in [-0.3, -0.25) is 4.79 Å². The highest BCUT2D eigenvalue weighted by molar-refractivity contribution is 6.03. The van der Waals surface area contributed by atoms with Crippen LogP contribution in [0.1, 0.15) is 16.1 Å². The Morgan fingerprint density at radius 2 is 1.92 bits per heavy atom. The van der Waals surface area contributed by atoms with Gasteiger partial charge in [-0.25, -0.2) is 0 Å². The number of ether oxygens (including phenoxy) is 1. The minimum Gasteiger partial charge on any atom is -0.497 e. The lowest BCUT2D eigenvalue weighted by Crippen LogP contribution is -2.15. The minimum absolute atomic E-state index is 0.147. The van der Waals surface area contributed by atoms with E-state index in [9.17, 15) is 4.79 Å². The van der Waals surface area contributed by atoms with Crippen LogP contribution < -0.4 is 15.4 Å². The number of carbonyl (C=O) groups is 1. The third-order valence-electron chi connectivity index (χ3n) is 3.54. The van der Waals surface area contributed by atoms with Crippen molar-refractivity contribution in [2.75, 3.05) is 17.7 Å². The van der Waals surface area contributed by atoms with E-state index < -0.39 is 5.91 Å². The average Bonchev–Trinajstić information content (AvgIpc) is 2.69. The Labute approximate surface area is 150 Å². The van der Waals surface area contributed by atoms with Crippen LogP contribution in [-0.4, -0.2) is 23.2 Å². The van der Waals surface area contributed by atoms with Crippen LogP contribution in [0.25, 0.3) is 0 Å². The molecule has 3 rings (SSSR count). The number of para-hydroxylation sites is 1. The fraction of sp³-hybridized carbons (Fsp3) is 0.0526. The molecule has 0 saturated heterocycles. The van der Waals surface area contributed by atoms with Gasteiger partial charge in [0.15, 0.2) is 11.5 Å². The number of hydrogen-bond acceptors (Lipinski definition) is 6. The Bertz CT molecular complexity index is 964. The van der Waals surface area contributed by atoms with Gasteiger partial charge in [0.1, 0.15) is 11.8 Å². The van der Waals surface area contributed by atoms with Gasteiger partial charge in [0, 0.05) is 11.8 Å². The number of rotatable bonds is 5. The van der Waals surface area contributed by atoms with Crippen LogP contribution >= 0.6 is 0 Å². The van der Waals surface area contributed by atoms with Crippen molar-refractivity contribution < 1.29 is 9.53 Å². The van der Waals surface area contributed by atoms with Crippen molar-refractivity contribution in [3.8, 4) is 11.8 Å². The van der Waals surface area contributed by atoms with Crippen molar-refractivity contribution in [1.29, 1.82) is 5.26 Å². The molecule has 2 N–H and O–H groups in total. The lowest BCUT2D eigenvalue weighted by Gasteiger charge is -2.08. The van der Waals surface area contributed by atoms with E-state index in [2.05, 4.69) is 20.8 Å². The molecule has 0 atom stereocenters. The van der Waals surface area contributed by atoms with Crippen molar-refractivity contribution in [3.05, 3.63) is 71.9 Å². The molecule has 0 aliphatic carbocycles. The van der Waals surface area contributed by atoms with E-state index in [0.29, 0.717) is 17.1 Å². The number of nitriles is 1. The Morgan fingerprint density at radius 1 is 1.08 bits per heavy atom. The molecule has 1 aromatic heterocycles. The maximum Gasteiger partial charge on any atom is 0.276 e. The number of hydrogen-bond donors (Lipinski definition) is 2. The number of aromatic nitrogens is 2. The number of nitrogens with one attached hydrogen (secondary N) is 2. The predicted molar refractivity (Wildman–Crippen MR) is 97.4 cm³/mol. The fourth-order valence-corrected chi connectivity index (χ4v) is 2.24. The van der Waals surface area contributed by atoms with Crippen molar-refractivity contribution in [2.45, 2.75) is 0 Å². The number of anilines is 3. The molecule has 0 bridgehead atoms. The van der Waals surface area contributed by atoms with Crippen molar-refractivity contribution in [1.82, 2.24) is 10.2 Å². The van der Waals surface area contributed by atoms with Gasteiger partial charge in [0.05, 0.1) is 18.4 Å². The second kappa shape index (κ2) is 7.77. The van der Waals surface area contributed by atoms with Crippen LogP contribution in [-0.2, 0) is 0 Å². The van der Waals surface area contributed by atoms with Crippen molar-refractivity contribution in [3.63, 3.8) is 0 Å². The highest BCUT2D eigenvalue weighted by Gasteiger charge is 2.11. The molecule has 0 unspecified atom stereocenters. The summed E-state index contributed by atoms with van der Waals surface area (Å²) in [4.78, 5) is 12.3. The molecule has 2 aromatic carbocycles. The predicted octanol–water partition coefficient (Wildman–Crippen LogP) is 3.35. The van der Waals surface area contributed by atoms with Gasteiger partial charge < -0.3 is 15.4 Å². The van der Waals surface area contributed by atoms with Crippen LogP contribution in [0.4, 0.5) is 17.2 Å². The Balaban J connectivity index is 1.70. The molecule has 0 radical (unpaired) electrons. The van der Waals surface area contributed by atoms with Gasteiger partial charge in [-0.2, -0.15) is 5.26 Å². The quantitative estimate of drug-likeness (QED) is 0.735. The van der Waals surface area contributed by atoms with Crippen molar-refractivity contribution >= 4 is 23.1 Å². The molecular formula is C19H15N5O2. The maximum atomic E-state index is 12.3. The minimum atomic E-state index is -0.437. The van der Waals surface area contributed by atoms with E-state index in [-0.39, 0.29) is 5.69 Å². The highest BCUT2D eigenvalue weighted by Crippen LogP contribution is 2.20. The molecule has 3 aromatic rings. The third kappa shape index (κ3) is 3.94. The summed E-state index contributed by atoms with van der Waals surface area (Å²) in [6.45, 7) is 0. The lowest BCUT2D eigenvalue weighted by atomic mass is 10.2. The van der Waals surface area contributed by atoms with E-state index in [1.807, 2.05) is 30.3 Å². The molecule has 7 nitrogen and oxygen atoms in total. The molecule has 26 heavy (non-hydrogen) atoms. The summed E-state index contributed by atoms with van der Waals surface area (Å²) < 4.78 is 5.17. The van der Waals surface area contributed by atoms with E-state index in [4.69, 9.17) is 10.00 Å². The van der Waals surface area contributed by atoms with Crippen LogP contribution in [0, 0.1) is 11.3 Å². The number of nitrogens with zero attached hydrogens (tertiary/aromatic N) is 3. The maximum absolute atomic E-state index is 12.3. The summed E-state index contributed by atoms with van der Waals surface area (Å²) in [5.74, 6) is 0.774. The van der Waals surface area contributed by atoms with E-state index >= 15 is 0 Å². The van der Waals surface area contributed by atoms with Gasteiger partial charge in [0.2, 0.25) is 0 Å². The molecular weight excluding hydrogens is 330 g/mol. The van der Waals surface area contributed by atoms with Gasteiger partial charge in [0.25, 0.3) is 5.91 Å². The molecule has 128 valence electrons.